The third kappa shape index (κ3) is 3.67. The van der Waals surface area contributed by atoms with E-state index in [0.717, 1.165) is 11.3 Å². The first-order chi connectivity index (χ1) is 7.19. The van der Waals surface area contributed by atoms with E-state index < -0.39 is 6.17 Å². The Morgan fingerprint density at radius 3 is 2.47 bits per heavy atom. The topological polar surface area (TPSA) is 67.5 Å². The number of hydrogen-bond acceptors (Lipinski definition) is 3. The molecule has 0 fully saturated rings. The molecule has 15 heavy (non-hydrogen) atoms. The first-order valence-corrected chi connectivity index (χ1v) is 5.11. The Morgan fingerprint density at radius 1 is 1.40 bits per heavy atom. The molecule has 0 bridgehead atoms. The van der Waals surface area contributed by atoms with E-state index in [2.05, 4.69) is 10.3 Å². The fourth-order valence-electron chi connectivity index (χ4n) is 1.05. The monoisotopic (exact) mass is 209 g/mol. The smallest absolute Gasteiger partial charge is 0.263 e. The van der Waals surface area contributed by atoms with Crippen molar-refractivity contribution >= 4 is 12.1 Å². The highest BCUT2D eigenvalue weighted by atomic mass is 16.2. The third-order valence-corrected chi connectivity index (χ3v) is 1.81. The largest absolute Gasteiger partial charge is 0.323 e. The van der Waals surface area contributed by atoms with Gasteiger partial charge in [0, 0.05) is 17.5 Å². The predicted octanol–water partition coefficient (Wildman–Crippen LogP) is 1.35. The summed E-state index contributed by atoms with van der Waals surface area (Å²) in [4.78, 5) is 15.1. The molecule has 4 heteroatoms. The molecule has 1 atom stereocenters. The van der Waals surface area contributed by atoms with Crippen molar-refractivity contribution in [1.29, 1.82) is 0 Å². The number of allylic oxidation sites excluding steroid dienone is 3. The van der Waals surface area contributed by atoms with Gasteiger partial charge in [-0.1, -0.05) is 26.0 Å². The fourth-order valence-corrected chi connectivity index (χ4v) is 1.05. The van der Waals surface area contributed by atoms with Crippen LogP contribution in [0, 0.1) is 0 Å². The Labute approximate surface area is 91.0 Å². The van der Waals surface area contributed by atoms with Gasteiger partial charge < -0.3 is 11.1 Å². The first-order valence-electron chi connectivity index (χ1n) is 5.11. The SMILES string of the molecule is C/C=C1/C=NC(N)C(=O)N/C1=C/C.CC. The summed E-state index contributed by atoms with van der Waals surface area (Å²) in [7, 11) is 0. The average molecular weight is 209 g/mol. The summed E-state index contributed by atoms with van der Waals surface area (Å²) in [5.41, 5.74) is 7.08. The van der Waals surface area contributed by atoms with Gasteiger partial charge in [0.15, 0.2) is 6.17 Å². The number of nitrogens with one attached hydrogen (secondary N) is 1. The van der Waals surface area contributed by atoms with Gasteiger partial charge in [0.25, 0.3) is 5.91 Å². The van der Waals surface area contributed by atoms with Gasteiger partial charge in [-0.15, -0.1) is 0 Å². The maximum atomic E-state index is 11.2. The number of amides is 1. The van der Waals surface area contributed by atoms with E-state index in [1.807, 2.05) is 39.8 Å². The normalized spacial score (nSPS) is 25.7. The maximum Gasteiger partial charge on any atom is 0.263 e. The quantitative estimate of drug-likeness (QED) is 0.632. The molecule has 1 aliphatic heterocycles. The molecule has 1 heterocycles. The van der Waals surface area contributed by atoms with Gasteiger partial charge in [-0.25, -0.2) is 0 Å². The predicted molar refractivity (Wildman–Crippen MR) is 63.5 cm³/mol. The van der Waals surface area contributed by atoms with Crippen LogP contribution in [0.5, 0.6) is 0 Å². The second-order valence-corrected chi connectivity index (χ2v) is 2.66. The van der Waals surface area contributed by atoms with Gasteiger partial charge in [0.05, 0.1) is 0 Å². The average Bonchev–Trinajstić information content (AvgIpc) is 2.42. The molecule has 3 N–H and O–H groups in total. The Hall–Kier alpha value is -1.42. The van der Waals surface area contributed by atoms with Crippen molar-refractivity contribution in [2.75, 3.05) is 0 Å². The minimum atomic E-state index is -0.799. The molecule has 1 unspecified atom stereocenters. The zero-order valence-electron chi connectivity index (χ0n) is 9.74. The van der Waals surface area contributed by atoms with Crippen LogP contribution in [0.3, 0.4) is 0 Å². The summed E-state index contributed by atoms with van der Waals surface area (Å²) in [5, 5.41) is 2.68. The molecule has 0 radical (unpaired) electrons. The summed E-state index contributed by atoms with van der Waals surface area (Å²) in [5.74, 6) is -0.277. The minimum Gasteiger partial charge on any atom is -0.323 e. The van der Waals surface area contributed by atoms with Gasteiger partial charge >= 0.3 is 0 Å². The fraction of sp³-hybridized carbons (Fsp3) is 0.455. The molecular formula is C11H19N3O. The molecule has 0 aromatic carbocycles. The molecule has 4 nitrogen and oxygen atoms in total. The Bertz CT molecular complexity index is 303. The van der Waals surface area contributed by atoms with E-state index in [0.29, 0.717) is 0 Å². The van der Waals surface area contributed by atoms with Crippen LogP contribution in [0.1, 0.15) is 27.7 Å². The summed E-state index contributed by atoms with van der Waals surface area (Å²) < 4.78 is 0. The first kappa shape index (κ1) is 13.6. The lowest BCUT2D eigenvalue weighted by atomic mass is 10.2. The Morgan fingerprint density at radius 2 is 2.00 bits per heavy atom. The maximum absolute atomic E-state index is 11.2. The highest BCUT2D eigenvalue weighted by Gasteiger charge is 2.17. The highest BCUT2D eigenvalue weighted by Crippen LogP contribution is 2.07. The molecule has 0 saturated carbocycles. The van der Waals surface area contributed by atoms with E-state index in [9.17, 15) is 4.79 Å². The van der Waals surface area contributed by atoms with Crippen LogP contribution < -0.4 is 11.1 Å². The van der Waals surface area contributed by atoms with Gasteiger partial charge in [-0.05, 0) is 13.8 Å². The van der Waals surface area contributed by atoms with Crippen molar-refractivity contribution in [1.82, 2.24) is 5.32 Å². The van der Waals surface area contributed by atoms with Gasteiger partial charge in [-0.3, -0.25) is 9.79 Å². The molecule has 1 rings (SSSR count). The van der Waals surface area contributed by atoms with Crippen molar-refractivity contribution in [3.63, 3.8) is 0 Å². The van der Waals surface area contributed by atoms with E-state index in [-0.39, 0.29) is 5.91 Å². The van der Waals surface area contributed by atoms with E-state index in [1.54, 1.807) is 6.21 Å². The molecule has 0 aromatic heterocycles. The summed E-state index contributed by atoms with van der Waals surface area (Å²) >= 11 is 0. The minimum absolute atomic E-state index is 0.277. The van der Waals surface area contributed by atoms with Crippen molar-refractivity contribution in [2.24, 2.45) is 10.7 Å². The molecule has 0 saturated heterocycles. The zero-order valence-corrected chi connectivity index (χ0v) is 9.74. The summed E-state index contributed by atoms with van der Waals surface area (Å²) in [6, 6.07) is 0. The van der Waals surface area contributed by atoms with Crippen LogP contribution in [-0.2, 0) is 4.79 Å². The number of rotatable bonds is 0. The number of carbonyl (C=O) groups excluding carboxylic acids is 1. The van der Waals surface area contributed by atoms with Crippen molar-refractivity contribution in [2.45, 2.75) is 33.9 Å². The van der Waals surface area contributed by atoms with Gasteiger partial charge in [-0.2, -0.15) is 0 Å². The number of hydrogen-bond donors (Lipinski definition) is 2. The van der Waals surface area contributed by atoms with Crippen LogP contribution in [-0.4, -0.2) is 18.3 Å². The third-order valence-electron chi connectivity index (χ3n) is 1.81. The Balaban J connectivity index is 0.000000921. The second kappa shape index (κ2) is 6.95. The van der Waals surface area contributed by atoms with Crippen molar-refractivity contribution < 1.29 is 4.79 Å². The van der Waals surface area contributed by atoms with Crippen LogP contribution in [0.4, 0.5) is 0 Å². The standard InChI is InChI=1S/C9H13N3O.C2H6/c1-3-6-5-11-8(10)9(13)12-7(6)4-2;1-2/h3-5,8H,10H2,1-2H3,(H,12,13);1-2H3/b6-3-,7-4+;. The summed E-state index contributed by atoms with van der Waals surface area (Å²) in [6.07, 6.45) is 4.50. The highest BCUT2D eigenvalue weighted by molar-refractivity contribution is 5.94. The summed E-state index contributed by atoms with van der Waals surface area (Å²) in [6.45, 7) is 7.73. The van der Waals surface area contributed by atoms with Crippen LogP contribution in [0.15, 0.2) is 28.4 Å². The lowest BCUT2D eigenvalue weighted by Crippen LogP contribution is -2.37. The molecule has 0 aromatic rings. The molecular weight excluding hydrogens is 190 g/mol. The number of nitrogens with zero attached hydrogens (tertiary/aromatic N) is 1. The van der Waals surface area contributed by atoms with Crippen LogP contribution in [0.2, 0.25) is 0 Å². The molecule has 84 valence electrons. The lowest BCUT2D eigenvalue weighted by molar-refractivity contribution is -0.121. The number of carbonyl (C=O) groups is 1. The molecule has 1 amide bonds. The van der Waals surface area contributed by atoms with E-state index in [4.69, 9.17) is 5.73 Å². The number of nitrogens with two attached hydrogens (primary N) is 1. The van der Waals surface area contributed by atoms with E-state index >= 15 is 0 Å². The molecule has 0 aliphatic carbocycles. The second-order valence-electron chi connectivity index (χ2n) is 2.66. The van der Waals surface area contributed by atoms with E-state index in [1.165, 1.54) is 0 Å². The van der Waals surface area contributed by atoms with Crippen LogP contribution >= 0.6 is 0 Å². The zero-order chi connectivity index (χ0) is 11.8. The molecule has 1 aliphatic rings. The molecule has 0 spiro atoms. The van der Waals surface area contributed by atoms with Crippen molar-refractivity contribution in [3.8, 4) is 0 Å². The Kier molecular flexibility index (Phi) is 6.29. The van der Waals surface area contributed by atoms with Gasteiger partial charge in [0.2, 0.25) is 0 Å². The van der Waals surface area contributed by atoms with Gasteiger partial charge in [0.1, 0.15) is 0 Å². The van der Waals surface area contributed by atoms with Crippen LogP contribution in [0.25, 0.3) is 0 Å². The van der Waals surface area contributed by atoms with Crippen molar-refractivity contribution in [3.05, 3.63) is 23.4 Å². The number of aliphatic imine (C=N–C) groups is 1. The lowest BCUT2D eigenvalue weighted by Gasteiger charge is -2.06.